The van der Waals surface area contributed by atoms with Gasteiger partial charge in [-0.3, -0.25) is 19.2 Å². The van der Waals surface area contributed by atoms with Crippen LogP contribution in [0.5, 0.6) is 17.5 Å². The number of halogens is 2. The molecule has 0 saturated carbocycles. The van der Waals surface area contributed by atoms with Gasteiger partial charge in [0.25, 0.3) is 11.8 Å². The van der Waals surface area contributed by atoms with Crippen LogP contribution in [0.2, 0.25) is 0 Å². The third-order valence-corrected chi connectivity index (χ3v) is 5.34. The molecule has 4 rings (SSSR count). The van der Waals surface area contributed by atoms with E-state index in [2.05, 4.69) is 9.97 Å². The summed E-state index contributed by atoms with van der Waals surface area (Å²) >= 11 is 0. The quantitative estimate of drug-likeness (QED) is 0.171. The van der Waals surface area contributed by atoms with Crippen molar-refractivity contribution >= 4 is 29.6 Å². The minimum atomic E-state index is -1.17. The summed E-state index contributed by atoms with van der Waals surface area (Å²) in [6, 6.07) is 16.0. The summed E-state index contributed by atoms with van der Waals surface area (Å²) < 4.78 is 44.2. The molecule has 0 aliphatic carbocycles. The molecule has 0 aliphatic heterocycles. The Morgan fingerprint density at radius 1 is 0.756 bits per heavy atom. The Hall–Kier alpha value is -5.52. The maximum atomic E-state index is 15.3. The molecule has 0 radical (unpaired) electrons. The summed E-state index contributed by atoms with van der Waals surface area (Å²) in [5.41, 5.74) is -0.00359. The number of ether oxygens (including phenoxy) is 3. The van der Waals surface area contributed by atoms with E-state index >= 15 is 4.39 Å². The number of carbonyl (C=O) groups excluding carboxylic acids is 4. The van der Waals surface area contributed by atoms with E-state index in [1.807, 2.05) is 0 Å². The summed E-state index contributed by atoms with van der Waals surface area (Å²) in [4.78, 5) is 59.2. The van der Waals surface area contributed by atoms with Crippen molar-refractivity contribution in [2.24, 2.45) is 0 Å². The molecule has 0 saturated heterocycles. The molecule has 0 N–H and O–H groups in total. The van der Waals surface area contributed by atoms with Crippen LogP contribution in [0, 0.1) is 11.6 Å². The predicted octanol–water partition coefficient (Wildman–Crippen LogP) is 4.67. The molecule has 0 spiro atoms. The van der Waals surface area contributed by atoms with Gasteiger partial charge in [-0.1, -0.05) is 36.4 Å². The molecule has 0 unspecified atom stereocenters. The van der Waals surface area contributed by atoms with Crippen LogP contribution in [0.1, 0.15) is 40.1 Å². The molecular weight excluding hydrogens is 540 g/mol. The third kappa shape index (κ3) is 6.92. The Kier molecular flexibility index (Phi) is 8.72. The van der Waals surface area contributed by atoms with Crippen LogP contribution in [0.3, 0.4) is 0 Å². The molecule has 0 bridgehead atoms. The summed E-state index contributed by atoms with van der Waals surface area (Å²) in [6.07, 6.45) is 0.700. The molecule has 41 heavy (non-hydrogen) atoms. The van der Waals surface area contributed by atoms with Gasteiger partial charge in [0.05, 0.1) is 17.3 Å². The molecular formula is C29H21F2N3O7. The van der Waals surface area contributed by atoms with Crippen molar-refractivity contribution < 1.29 is 42.2 Å². The number of hydrogen-bond donors (Lipinski definition) is 0. The van der Waals surface area contributed by atoms with Crippen molar-refractivity contribution in [2.45, 2.75) is 20.5 Å². The fraction of sp³-hybridized carbons (Fsp3) is 0.103. The number of hydrogen-bond acceptors (Lipinski definition) is 9. The number of benzene rings is 3. The molecule has 208 valence electrons. The van der Waals surface area contributed by atoms with Crippen molar-refractivity contribution in [3.05, 3.63) is 107 Å². The average molecular weight is 561 g/mol. The largest absolute Gasteiger partial charge is 0.459 e. The van der Waals surface area contributed by atoms with Gasteiger partial charge in [-0.05, 0) is 42.0 Å². The SMILES string of the molecule is CC(=O)Oc1ccccc1C(=O)N(C(=O)c1ccccc1OC(C)=O)c1nc(OCc2ccc(F)cc2)ncc1F. The number of para-hydroxylation sites is 2. The lowest BCUT2D eigenvalue weighted by atomic mass is 10.1. The van der Waals surface area contributed by atoms with Crippen molar-refractivity contribution in [2.75, 3.05) is 4.90 Å². The minimum absolute atomic E-state index is 0.141. The zero-order chi connectivity index (χ0) is 29.5. The fourth-order valence-electron chi connectivity index (χ4n) is 3.60. The van der Waals surface area contributed by atoms with Gasteiger partial charge in [0.15, 0.2) is 11.6 Å². The van der Waals surface area contributed by atoms with Crippen LogP contribution >= 0.6 is 0 Å². The number of carbonyl (C=O) groups is 4. The van der Waals surface area contributed by atoms with E-state index in [1.165, 1.54) is 72.8 Å². The molecule has 0 fully saturated rings. The van der Waals surface area contributed by atoms with E-state index in [0.29, 0.717) is 16.7 Å². The van der Waals surface area contributed by atoms with Crippen molar-refractivity contribution in [3.8, 4) is 17.5 Å². The van der Waals surface area contributed by atoms with Gasteiger partial charge in [-0.25, -0.2) is 18.7 Å². The van der Waals surface area contributed by atoms with Crippen LogP contribution < -0.4 is 19.1 Å². The highest BCUT2D eigenvalue weighted by Crippen LogP contribution is 2.29. The molecule has 4 aromatic rings. The first-order chi connectivity index (χ1) is 19.6. The minimum Gasteiger partial charge on any atom is -0.459 e. The summed E-state index contributed by atoms with van der Waals surface area (Å²) in [7, 11) is 0. The van der Waals surface area contributed by atoms with E-state index in [9.17, 15) is 23.6 Å². The van der Waals surface area contributed by atoms with Gasteiger partial charge in [0.1, 0.15) is 23.9 Å². The number of anilines is 1. The monoisotopic (exact) mass is 561 g/mol. The molecule has 1 aromatic heterocycles. The Morgan fingerprint density at radius 2 is 1.27 bits per heavy atom. The average Bonchev–Trinajstić information content (AvgIpc) is 2.94. The molecule has 2 amide bonds. The summed E-state index contributed by atoms with van der Waals surface area (Å²) in [5, 5.41) is 0. The lowest BCUT2D eigenvalue weighted by Crippen LogP contribution is -2.39. The maximum absolute atomic E-state index is 15.3. The highest BCUT2D eigenvalue weighted by atomic mass is 19.1. The van der Waals surface area contributed by atoms with Gasteiger partial charge < -0.3 is 14.2 Å². The van der Waals surface area contributed by atoms with Crippen molar-refractivity contribution in [3.63, 3.8) is 0 Å². The van der Waals surface area contributed by atoms with Gasteiger partial charge in [-0.15, -0.1) is 0 Å². The number of amides is 2. The van der Waals surface area contributed by atoms with Crippen molar-refractivity contribution in [1.29, 1.82) is 0 Å². The van der Waals surface area contributed by atoms with Gasteiger partial charge in [-0.2, -0.15) is 4.98 Å². The number of aromatic nitrogens is 2. The fourth-order valence-corrected chi connectivity index (χ4v) is 3.60. The van der Waals surface area contributed by atoms with Crippen LogP contribution in [-0.4, -0.2) is 33.7 Å². The van der Waals surface area contributed by atoms with Gasteiger partial charge in [0.2, 0.25) is 0 Å². The zero-order valence-corrected chi connectivity index (χ0v) is 21.7. The van der Waals surface area contributed by atoms with E-state index in [4.69, 9.17) is 14.2 Å². The first-order valence-electron chi connectivity index (χ1n) is 12.0. The topological polar surface area (TPSA) is 125 Å². The third-order valence-electron chi connectivity index (χ3n) is 5.34. The first kappa shape index (κ1) is 28.5. The van der Waals surface area contributed by atoms with Crippen LogP contribution in [-0.2, 0) is 16.2 Å². The van der Waals surface area contributed by atoms with Crippen LogP contribution in [0.25, 0.3) is 0 Å². The Morgan fingerprint density at radius 3 is 1.78 bits per heavy atom. The van der Waals surface area contributed by atoms with E-state index in [1.54, 1.807) is 0 Å². The maximum Gasteiger partial charge on any atom is 0.318 e. The van der Waals surface area contributed by atoms with Crippen LogP contribution in [0.15, 0.2) is 79.0 Å². The van der Waals surface area contributed by atoms with E-state index in [0.717, 1.165) is 13.8 Å². The standard InChI is InChI=1S/C29H21F2N3O7/c1-17(35)40-24-9-5-3-7-21(24)27(37)34(28(38)22-8-4-6-10-25(22)41-18(2)36)26-23(31)15-32-29(33-26)39-16-19-11-13-20(30)14-12-19/h3-15H,16H2,1-2H3. The predicted molar refractivity (Wildman–Crippen MR) is 139 cm³/mol. The smallest absolute Gasteiger partial charge is 0.318 e. The zero-order valence-electron chi connectivity index (χ0n) is 21.7. The van der Waals surface area contributed by atoms with Gasteiger partial charge in [0, 0.05) is 13.8 Å². The highest BCUT2D eigenvalue weighted by molar-refractivity contribution is 6.26. The second-order valence-electron chi connectivity index (χ2n) is 8.36. The van der Waals surface area contributed by atoms with Crippen molar-refractivity contribution in [1.82, 2.24) is 9.97 Å². The lowest BCUT2D eigenvalue weighted by molar-refractivity contribution is -0.132. The van der Waals surface area contributed by atoms with Crippen LogP contribution in [0.4, 0.5) is 14.6 Å². The van der Waals surface area contributed by atoms with Gasteiger partial charge >= 0.3 is 17.9 Å². The highest BCUT2D eigenvalue weighted by Gasteiger charge is 2.34. The second kappa shape index (κ2) is 12.6. The summed E-state index contributed by atoms with van der Waals surface area (Å²) in [5.74, 6) is -6.53. The Bertz CT molecular complexity index is 1560. The summed E-state index contributed by atoms with van der Waals surface area (Å²) in [6.45, 7) is 2.10. The number of nitrogens with zero attached hydrogens (tertiary/aromatic N) is 3. The molecule has 10 nitrogen and oxygen atoms in total. The number of imide groups is 1. The molecule has 3 aromatic carbocycles. The molecule has 0 atom stereocenters. The Labute approximate surface area is 232 Å². The number of rotatable bonds is 8. The number of esters is 2. The Balaban J connectivity index is 1.81. The normalized spacial score (nSPS) is 10.4. The first-order valence-corrected chi connectivity index (χ1v) is 12.0. The molecule has 12 heteroatoms. The molecule has 0 aliphatic rings. The second-order valence-corrected chi connectivity index (χ2v) is 8.36. The van der Waals surface area contributed by atoms with E-state index < -0.39 is 47.2 Å². The molecule has 1 heterocycles. The van der Waals surface area contributed by atoms with E-state index in [-0.39, 0.29) is 29.2 Å². The lowest BCUT2D eigenvalue weighted by Gasteiger charge is -2.22.